The van der Waals surface area contributed by atoms with Gasteiger partial charge in [-0.05, 0) is 13.5 Å². The predicted molar refractivity (Wildman–Crippen MR) is 79.7 cm³/mol. The standard InChI is InChI=1S/C14H21N5S/c1-10(2)14-15-11(9-20-14)7-18(3)8-13-17-16-12-5-4-6-19(12)13/h9-10H,4-8H2,1-3H3. The lowest BCUT2D eigenvalue weighted by molar-refractivity contribution is 0.302. The van der Waals surface area contributed by atoms with Gasteiger partial charge in [0.25, 0.3) is 0 Å². The summed E-state index contributed by atoms with van der Waals surface area (Å²) in [6.45, 7) is 7.14. The van der Waals surface area contributed by atoms with Crippen LogP contribution in [-0.4, -0.2) is 31.7 Å². The minimum Gasteiger partial charge on any atom is -0.314 e. The molecule has 0 aliphatic carbocycles. The Balaban J connectivity index is 1.62. The zero-order chi connectivity index (χ0) is 14.1. The molecule has 3 heterocycles. The summed E-state index contributed by atoms with van der Waals surface area (Å²) in [6.07, 6.45) is 2.27. The molecule has 0 spiro atoms. The van der Waals surface area contributed by atoms with E-state index < -0.39 is 0 Å². The molecule has 1 aliphatic heterocycles. The summed E-state index contributed by atoms with van der Waals surface area (Å²) < 4.78 is 2.26. The summed E-state index contributed by atoms with van der Waals surface area (Å²) in [7, 11) is 2.12. The van der Waals surface area contributed by atoms with E-state index in [1.165, 1.54) is 11.4 Å². The molecule has 5 nitrogen and oxygen atoms in total. The van der Waals surface area contributed by atoms with Gasteiger partial charge in [0.1, 0.15) is 11.6 Å². The molecule has 3 rings (SSSR count). The Morgan fingerprint density at radius 3 is 2.95 bits per heavy atom. The van der Waals surface area contributed by atoms with Crippen LogP contribution >= 0.6 is 11.3 Å². The van der Waals surface area contributed by atoms with Crippen molar-refractivity contribution in [2.24, 2.45) is 0 Å². The minimum atomic E-state index is 0.513. The lowest BCUT2D eigenvalue weighted by Crippen LogP contribution is -2.20. The Hall–Kier alpha value is -1.27. The molecule has 0 aromatic carbocycles. The molecular weight excluding hydrogens is 270 g/mol. The number of thiazole rings is 1. The fraction of sp³-hybridized carbons (Fsp3) is 0.643. The normalized spacial score (nSPS) is 14.4. The maximum absolute atomic E-state index is 4.69. The number of nitrogens with zero attached hydrogens (tertiary/aromatic N) is 5. The van der Waals surface area contributed by atoms with Crippen LogP contribution in [0.1, 0.15) is 48.5 Å². The van der Waals surface area contributed by atoms with E-state index in [4.69, 9.17) is 0 Å². The zero-order valence-electron chi connectivity index (χ0n) is 12.3. The molecule has 108 valence electrons. The molecular formula is C14H21N5S. The molecule has 2 aromatic heterocycles. The molecule has 0 saturated heterocycles. The number of rotatable bonds is 5. The molecule has 0 unspecified atom stereocenters. The molecule has 0 fully saturated rings. The third-order valence-corrected chi connectivity index (χ3v) is 4.79. The fourth-order valence-electron chi connectivity index (χ4n) is 2.56. The first-order chi connectivity index (χ1) is 9.63. The number of fused-ring (bicyclic) bond motifs is 1. The summed E-state index contributed by atoms with van der Waals surface area (Å²) in [6, 6.07) is 0. The van der Waals surface area contributed by atoms with Crippen LogP contribution in [0, 0.1) is 0 Å². The van der Waals surface area contributed by atoms with Gasteiger partial charge in [-0.15, -0.1) is 21.5 Å². The zero-order valence-corrected chi connectivity index (χ0v) is 13.2. The number of aromatic nitrogens is 4. The lowest BCUT2D eigenvalue weighted by atomic mass is 10.2. The van der Waals surface area contributed by atoms with Gasteiger partial charge in [-0.2, -0.15) is 0 Å². The maximum Gasteiger partial charge on any atom is 0.147 e. The minimum absolute atomic E-state index is 0.513. The van der Waals surface area contributed by atoms with Crippen molar-refractivity contribution < 1.29 is 0 Å². The van der Waals surface area contributed by atoms with Crippen LogP contribution in [0.25, 0.3) is 0 Å². The van der Waals surface area contributed by atoms with E-state index in [1.54, 1.807) is 11.3 Å². The van der Waals surface area contributed by atoms with Gasteiger partial charge in [-0.25, -0.2) is 4.98 Å². The molecule has 0 radical (unpaired) electrons. The number of hydrogen-bond donors (Lipinski definition) is 0. The Morgan fingerprint density at radius 1 is 1.35 bits per heavy atom. The summed E-state index contributed by atoms with van der Waals surface area (Å²) in [5.41, 5.74) is 1.15. The predicted octanol–water partition coefficient (Wildman–Crippen LogP) is 2.44. The molecule has 2 aromatic rings. The molecule has 0 atom stereocenters. The highest BCUT2D eigenvalue weighted by Crippen LogP contribution is 2.20. The average molecular weight is 291 g/mol. The first kappa shape index (κ1) is 13.7. The molecule has 0 N–H and O–H groups in total. The second kappa shape index (κ2) is 5.61. The molecule has 6 heteroatoms. The van der Waals surface area contributed by atoms with Gasteiger partial charge in [0, 0.05) is 30.8 Å². The van der Waals surface area contributed by atoms with Gasteiger partial charge < -0.3 is 4.57 Å². The second-order valence-corrected chi connectivity index (χ2v) is 6.68. The Bertz CT molecular complexity index is 586. The molecule has 0 amide bonds. The van der Waals surface area contributed by atoms with E-state index in [0.717, 1.165) is 43.4 Å². The van der Waals surface area contributed by atoms with E-state index in [9.17, 15) is 0 Å². The Labute approximate surface area is 123 Å². The van der Waals surface area contributed by atoms with E-state index in [0.29, 0.717) is 5.92 Å². The van der Waals surface area contributed by atoms with Crippen LogP contribution in [-0.2, 0) is 26.1 Å². The summed E-state index contributed by atoms with van der Waals surface area (Å²) >= 11 is 1.76. The first-order valence-electron chi connectivity index (χ1n) is 7.17. The van der Waals surface area contributed by atoms with Crippen molar-refractivity contribution in [3.05, 3.63) is 27.7 Å². The SMILES string of the molecule is CC(C)c1nc(CN(C)Cc2nnc3n2CCC3)cs1. The highest BCUT2D eigenvalue weighted by Gasteiger charge is 2.18. The Kier molecular flexibility index (Phi) is 3.85. The van der Waals surface area contributed by atoms with Crippen molar-refractivity contribution in [1.82, 2.24) is 24.6 Å². The highest BCUT2D eigenvalue weighted by molar-refractivity contribution is 7.09. The van der Waals surface area contributed by atoms with Crippen LogP contribution in [0.4, 0.5) is 0 Å². The van der Waals surface area contributed by atoms with E-state index in [2.05, 4.69) is 50.9 Å². The molecule has 0 bridgehead atoms. The highest BCUT2D eigenvalue weighted by atomic mass is 32.1. The van der Waals surface area contributed by atoms with Crippen LogP contribution < -0.4 is 0 Å². The molecule has 1 aliphatic rings. The van der Waals surface area contributed by atoms with Crippen molar-refractivity contribution in [2.75, 3.05) is 7.05 Å². The fourth-order valence-corrected chi connectivity index (χ4v) is 3.39. The van der Waals surface area contributed by atoms with E-state index in [1.807, 2.05) is 0 Å². The van der Waals surface area contributed by atoms with Crippen LogP contribution in [0.2, 0.25) is 0 Å². The smallest absolute Gasteiger partial charge is 0.147 e. The van der Waals surface area contributed by atoms with Crippen molar-refractivity contribution in [3.8, 4) is 0 Å². The monoisotopic (exact) mass is 291 g/mol. The van der Waals surface area contributed by atoms with E-state index >= 15 is 0 Å². The first-order valence-corrected chi connectivity index (χ1v) is 8.05. The van der Waals surface area contributed by atoms with Crippen molar-refractivity contribution in [3.63, 3.8) is 0 Å². The number of aryl methyl sites for hydroxylation is 1. The van der Waals surface area contributed by atoms with Gasteiger partial charge in [-0.1, -0.05) is 13.8 Å². The van der Waals surface area contributed by atoms with Gasteiger partial charge >= 0.3 is 0 Å². The summed E-state index contributed by atoms with van der Waals surface area (Å²) in [5.74, 6) is 2.74. The quantitative estimate of drug-likeness (QED) is 0.849. The van der Waals surface area contributed by atoms with Gasteiger partial charge in [0.05, 0.1) is 17.2 Å². The van der Waals surface area contributed by atoms with Gasteiger partial charge in [0.15, 0.2) is 0 Å². The van der Waals surface area contributed by atoms with Gasteiger partial charge in [-0.3, -0.25) is 4.90 Å². The topological polar surface area (TPSA) is 46.8 Å². The van der Waals surface area contributed by atoms with Crippen LogP contribution in [0.5, 0.6) is 0 Å². The molecule has 20 heavy (non-hydrogen) atoms. The van der Waals surface area contributed by atoms with Crippen molar-refractivity contribution in [1.29, 1.82) is 0 Å². The third-order valence-electron chi connectivity index (χ3n) is 3.59. The van der Waals surface area contributed by atoms with Gasteiger partial charge in [0.2, 0.25) is 0 Å². The summed E-state index contributed by atoms with van der Waals surface area (Å²) in [4.78, 5) is 6.94. The van der Waals surface area contributed by atoms with Crippen LogP contribution in [0.3, 0.4) is 0 Å². The number of hydrogen-bond acceptors (Lipinski definition) is 5. The van der Waals surface area contributed by atoms with Crippen LogP contribution in [0.15, 0.2) is 5.38 Å². The van der Waals surface area contributed by atoms with Crippen molar-refractivity contribution in [2.45, 2.75) is 52.2 Å². The maximum atomic E-state index is 4.69. The largest absolute Gasteiger partial charge is 0.314 e. The third kappa shape index (κ3) is 2.76. The van der Waals surface area contributed by atoms with E-state index in [-0.39, 0.29) is 0 Å². The lowest BCUT2D eigenvalue weighted by Gasteiger charge is -2.14. The molecule has 0 saturated carbocycles. The van der Waals surface area contributed by atoms with Crippen molar-refractivity contribution >= 4 is 11.3 Å². The second-order valence-electron chi connectivity index (χ2n) is 5.79. The summed E-state index contributed by atoms with van der Waals surface area (Å²) in [5, 5.41) is 11.9. The Morgan fingerprint density at radius 2 is 2.20 bits per heavy atom. The average Bonchev–Trinajstić information content (AvgIpc) is 3.07.